The van der Waals surface area contributed by atoms with Crippen LogP contribution in [0.15, 0.2) is 197 Å². The Morgan fingerprint density at radius 3 is 1.12 bits per heavy atom. The van der Waals surface area contributed by atoms with Gasteiger partial charge in [-0.15, -0.1) is 0 Å². The minimum absolute atomic E-state index is 0.166. The monoisotopic (exact) mass is 629 g/mol. The maximum absolute atomic E-state index is 4.95. The molecular formula is C44H37B2N3. The molecule has 0 aliphatic carbocycles. The molecule has 0 spiro atoms. The summed E-state index contributed by atoms with van der Waals surface area (Å²) in [5.41, 5.74) is 13.1. The zero-order valence-electron chi connectivity index (χ0n) is 27.9. The van der Waals surface area contributed by atoms with E-state index in [2.05, 4.69) is 176 Å². The summed E-state index contributed by atoms with van der Waals surface area (Å²) in [6.07, 6.45) is 2.89. The molecule has 3 nitrogen and oxygen atoms in total. The Morgan fingerprint density at radius 2 is 0.755 bits per heavy atom. The normalized spacial score (nSPS) is 13.1. The fraction of sp³-hybridized carbons (Fsp3) is 0.0682. The third-order valence-corrected chi connectivity index (χ3v) is 9.11. The van der Waals surface area contributed by atoms with Gasteiger partial charge in [0.15, 0.2) is 0 Å². The first-order chi connectivity index (χ1) is 24.1. The highest BCUT2D eigenvalue weighted by Crippen LogP contribution is 2.19. The average molecular weight is 629 g/mol. The number of nitrogens with zero attached hydrogens (tertiary/aromatic N) is 3. The smallest absolute Gasteiger partial charge is 0.241 e. The van der Waals surface area contributed by atoms with Gasteiger partial charge in [0.05, 0.1) is 34.2 Å². The van der Waals surface area contributed by atoms with Gasteiger partial charge in [-0.1, -0.05) is 184 Å². The zero-order chi connectivity index (χ0) is 33.4. The van der Waals surface area contributed by atoms with E-state index >= 15 is 0 Å². The lowest BCUT2D eigenvalue weighted by Crippen LogP contribution is -2.51. The van der Waals surface area contributed by atoms with Crippen molar-refractivity contribution < 1.29 is 0 Å². The number of allylic oxidation sites excluding steroid dienone is 2. The van der Waals surface area contributed by atoms with Gasteiger partial charge < -0.3 is 0 Å². The van der Waals surface area contributed by atoms with Crippen LogP contribution in [0.5, 0.6) is 0 Å². The summed E-state index contributed by atoms with van der Waals surface area (Å²) in [4.78, 5) is 14.8. The van der Waals surface area contributed by atoms with E-state index in [1.165, 1.54) is 32.8 Å². The Morgan fingerprint density at radius 1 is 0.429 bits per heavy atom. The molecule has 0 fully saturated rings. The van der Waals surface area contributed by atoms with Gasteiger partial charge in [-0.2, -0.15) is 0 Å². The van der Waals surface area contributed by atoms with Crippen molar-refractivity contribution >= 4 is 74.7 Å². The fourth-order valence-electron chi connectivity index (χ4n) is 6.62. The Hall–Kier alpha value is -5.80. The van der Waals surface area contributed by atoms with E-state index in [0.717, 1.165) is 40.6 Å². The van der Waals surface area contributed by atoms with Crippen LogP contribution in [0.2, 0.25) is 0 Å². The Balaban J connectivity index is 1.06. The summed E-state index contributed by atoms with van der Waals surface area (Å²) in [6, 6.07) is 59.9. The minimum atomic E-state index is 0.166. The third-order valence-electron chi connectivity index (χ3n) is 9.11. The zero-order valence-corrected chi connectivity index (χ0v) is 27.9. The van der Waals surface area contributed by atoms with Crippen LogP contribution in [0.3, 0.4) is 0 Å². The van der Waals surface area contributed by atoms with E-state index < -0.39 is 0 Å². The Labute approximate surface area is 290 Å². The van der Waals surface area contributed by atoms with Gasteiger partial charge in [0, 0.05) is 6.42 Å². The lowest BCUT2D eigenvalue weighted by molar-refractivity contribution is 1.42. The average Bonchev–Trinajstić information content (AvgIpc) is 3.67. The van der Waals surface area contributed by atoms with Crippen LogP contribution in [0.4, 0.5) is 11.4 Å². The molecule has 0 aromatic heterocycles. The summed E-state index contributed by atoms with van der Waals surface area (Å²) < 4.78 is 0. The molecule has 49 heavy (non-hydrogen) atoms. The molecule has 0 amide bonds. The fourth-order valence-corrected chi connectivity index (χ4v) is 6.62. The van der Waals surface area contributed by atoms with Crippen molar-refractivity contribution in [3.05, 3.63) is 182 Å². The van der Waals surface area contributed by atoms with Crippen molar-refractivity contribution in [1.82, 2.24) is 0 Å². The predicted molar refractivity (Wildman–Crippen MR) is 214 cm³/mol. The van der Waals surface area contributed by atoms with E-state index in [0.29, 0.717) is 0 Å². The van der Waals surface area contributed by atoms with E-state index in [9.17, 15) is 0 Å². The van der Waals surface area contributed by atoms with Crippen molar-refractivity contribution in [2.45, 2.75) is 20.3 Å². The first kappa shape index (κ1) is 31.8. The number of hydrogen-bond acceptors (Lipinski definition) is 3. The highest BCUT2D eigenvalue weighted by molar-refractivity contribution is 6.96. The molecule has 6 aromatic rings. The molecular weight excluding hydrogens is 592 g/mol. The standard InChI is InChI=1S/C44H37B2N3/c1-33(47-41-27-23-39(24-28-41)45(35-15-7-3-8-16-35)36-17-9-4-10-18-36)43-31-32-44(49-43)34(2)48-42-29-25-40(26-30-42)46(37-19-11-5-12-20-37)38-21-13-6-14-22-38/h3-31H,32H2,1-2H3. The van der Waals surface area contributed by atoms with Gasteiger partial charge in [-0.3, -0.25) is 9.98 Å². The predicted octanol–water partition coefficient (Wildman–Crippen LogP) is 6.33. The first-order valence-corrected chi connectivity index (χ1v) is 16.9. The van der Waals surface area contributed by atoms with Crippen LogP contribution in [-0.2, 0) is 0 Å². The molecule has 0 bridgehead atoms. The van der Waals surface area contributed by atoms with Crippen molar-refractivity contribution in [2.75, 3.05) is 0 Å². The van der Waals surface area contributed by atoms with Gasteiger partial charge in [0.1, 0.15) is 0 Å². The second-order valence-electron chi connectivity index (χ2n) is 12.4. The van der Waals surface area contributed by atoms with E-state index in [1.54, 1.807) is 0 Å². The lowest BCUT2D eigenvalue weighted by Gasteiger charge is -2.15. The van der Waals surface area contributed by atoms with Crippen LogP contribution in [-0.4, -0.2) is 30.6 Å². The Bertz CT molecular complexity index is 2040. The van der Waals surface area contributed by atoms with Crippen LogP contribution in [0, 0.1) is 0 Å². The minimum Gasteiger partial charge on any atom is -0.252 e. The number of benzene rings is 6. The number of aliphatic imine (C=N–C) groups is 3. The van der Waals surface area contributed by atoms with Crippen molar-refractivity contribution in [1.29, 1.82) is 0 Å². The largest absolute Gasteiger partial charge is 0.252 e. The number of hydrogen-bond donors (Lipinski definition) is 0. The SMILES string of the molecule is CC(=Nc1ccc(B(c2ccccc2)c2ccccc2)cc1)C1=CCC(C(C)=Nc2ccc(B(c3ccccc3)c3ccccc3)cc2)=N1. The Kier molecular flexibility index (Phi) is 9.70. The molecule has 6 aromatic carbocycles. The molecule has 234 valence electrons. The van der Waals surface area contributed by atoms with E-state index in [-0.39, 0.29) is 13.4 Å². The third kappa shape index (κ3) is 7.52. The molecule has 1 aliphatic rings. The number of rotatable bonds is 10. The van der Waals surface area contributed by atoms with Crippen molar-refractivity contribution in [3.63, 3.8) is 0 Å². The second kappa shape index (κ2) is 15.0. The molecule has 1 heterocycles. The molecule has 0 saturated heterocycles. The van der Waals surface area contributed by atoms with Gasteiger partial charge in [-0.05, 0) is 38.1 Å². The van der Waals surface area contributed by atoms with Crippen LogP contribution in [0.25, 0.3) is 0 Å². The molecule has 5 heteroatoms. The highest BCUT2D eigenvalue weighted by Gasteiger charge is 2.22. The molecule has 0 N–H and O–H groups in total. The van der Waals surface area contributed by atoms with Gasteiger partial charge in [-0.25, -0.2) is 4.99 Å². The summed E-state index contributed by atoms with van der Waals surface area (Å²) in [7, 11) is 0. The maximum Gasteiger partial charge on any atom is 0.241 e. The molecule has 0 radical (unpaired) electrons. The van der Waals surface area contributed by atoms with Crippen molar-refractivity contribution in [3.8, 4) is 0 Å². The second-order valence-corrected chi connectivity index (χ2v) is 12.4. The maximum atomic E-state index is 4.95. The summed E-state index contributed by atoms with van der Waals surface area (Å²) in [6.45, 7) is 4.41. The van der Waals surface area contributed by atoms with E-state index in [4.69, 9.17) is 15.0 Å². The lowest BCUT2D eigenvalue weighted by atomic mass is 9.37. The summed E-state index contributed by atoms with van der Waals surface area (Å²) in [5.74, 6) is 0. The van der Waals surface area contributed by atoms with E-state index in [1.807, 2.05) is 13.8 Å². The molecule has 0 atom stereocenters. The first-order valence-electron chi connectivity index (χ1n) is 16.9. The molecule has 7 rings (SSSR count). The van der Waals surface area contributed by atoms with Gasteiger partial charge >= 0.3 is 0 Å². The summed E-state index contributed by atoms with van der Waals surface area (Å²) >= 11 is 0. The van der Waals surface area contributed by atoms with Crippen LogP contribution in [0.1, 0.15) is 20.3 Å². The molecule has 0 saturated carbocycles. The quantitative estimate of drug-likeness (QED) is 0.126. The van der Waals surface area contributed by atoms with Crippen LogP contribution < -0.4 is 32.8 Å². The highest BCUT2D eigenvalue weighted by atomic mass is 14.9. The topological polar surface area (TPSA) is 37.1 Å². The van der Waals surface area contributed by atoms with Gasteiger partial charge in [0.25, 0.3) is 0 Å². The van der Waals surface area contributed by atoms with Crippen molar-refractivity contribution in [2.24, 2.45) is 15.0 Å². The summed E-state index contributed by atoms with van der Waals surface area (Å²) in [5, 5.41) is 0. The molecule has 1 aliphatic heterocycles. The molecule has 0 unspecified atom stereocenters. The van der Waals surface area contributed by atoms with Gasteiger partial charge in [0.2, 0.25) is 13.4 Å². The van der Waals surface area contributed by atoms with Crippen LogP contribution >= 0.6 is 0 Å².